The Kier molecular flexibility index (Phi) is 3.01. The average Bonchev–Trinajstić information content (AvgIpc) is 2.85. The van der Waals surface area contributed by atoms with Crippen LogP contribution < -0.4 is 0 Å². The molecule has 2 aromatic heterocycles. The van der Waals surface area contributed by atoms with E-state index in [9.17, 15) is 9.90 Å². The van der Waals surface area contributed by atoms with Crippen LogP contribution in [0.5, 0.6) is 0 Å². The van der Waals surface area contributed by atoms with E-state index >= 15 is 0 Å². The van der Waals surface area contributed by atoms with Gasteiger partial charge in [0.1, 0.15) is 9.88 Å². The first kappa shape index (κ1) is 12.2. The van der Waals surface area contributed by atoms with Gasteiger partial charge in [0.15, 0.2) is 0 Å². The molecule has 0 fully saturated rings. The SMILES string of the molecule is CC(C)(C)c1nc(-c2cncs2)sc1C(=O)O. The van der Waals surface area contributed by atoms with Gasteiger partial charge in [-0.3, -0.25) is 4.98 Å². The van der Waals surface area contributed by atoms with Crippen LogP contribution in [-0.2, 0) is 5.41 Å². The van der Waals surface area contributed by atoms with Crippen molar-refractivity contribution in [3.8, 4) is 9.88 Å². The largest absolute Gasteiger partial charge is 0.477 e. The number of hydrogen-bond donors (Lipinski definition) is 1. The Labute approximate surface area is 107 Å². The molecular weight excluding hydrogens is 256 g/mol. The molecule has 0 aliphatic rings. The minimum Gasteiger partial charge on any atom is -0.477 e. The number of carboxylic acid groups (broad SMARTS) is 1. The van der Waals surface area contributed by atoms with Crippen LogP contribution in [0.4, 0.5) is 0 Å². The van der Waals surface area contributed by atoms with E-state index in [2.05, 4.69) is 9.97 Å². The Balaban J connectivity index is 2.56. The lowest BCUT2D eigenvalue weighted by Crippen LogP contribution is -2.16. The quantitative estimate of drug-likeness (QED) is 0.908. The molecule has 0 aromatic carbocycles. The number of aromatic carboxylic acids is 1. The number of aromatic nitrogens is 2. The second-order valence-corrected chi connectivity index (χ2v) is 6.50. The Morgan fingerprint density at radius 3 is 2.53 bits per heavy atom. The van der Waals surface area contributed by atoms with E-state index in [-0.39, 0.29) is 5.41 Å². The molecule has 90 valence electrons. The molecule has 0 aliphatic heterocycles. The summed E-state index contributed by atoms with van der Waals surface area (Å²) in [6.07, 6.45) is 1.71. The normalized spacial score (nSPS) is 11.7. The molecule has 2 heterocycles. The number of hydrogen-bond acceptors (Lipinski definition) is 5. The molecule has 0 atom stereocenters. The third kappa shape index (κ3) is 2.37. The van der Waals surface area contributed by atoms with Crippen molar-refractivity contribution in [2.75, 3.05) is 0 Å². The highest BCUT2D eigenvalue weighted by Crippen LogP contribution is 2.35. The third-order valence-electron chi connectivity index (χ3n) is 2.17. The maximum atomic E-state index is 11.2. The van der Waals surface area contributed by atoms with Crippen LogP contribution in [0.25, 0.3) is 9.88 Å². The van der Waals surface area contributed by atoms with Crippen molar-refractivity contribution in [1.29, 1.82) is 0 Å². The van der Waals surface area contributed by atoms with Crippen LogP contribution in [0.1, 0.15) is 36.1 Å². The molecule has 0 spiro atoms. The first-order valence-corrected chi connectivity index (χ1v) is 6.72. The molecule has 0 saturated heterocycles. The highest BCUT2D eigenvalue weighted by Gasteiger charge is 2.27. The number of rotatable bonds is 2. The zero-order valence-corrected chi connectivity index (χ0v) is 11.4. The van der Waals surface area contributed by atoms with E-state index in [0.29, 0.717) is 10.6 Å². The van der Waals surface area contributed by atoms with Crippen molar-refractivity contribution in [2.45, 2.75) is 26.2 Å². The van der Waals surface area contributed by atoms with Crippen molar-refractivity contribution in [2.24, 2.45) is 0 Å². The van der Waals surface area contributed by atoms with Crippen LogP contribution in [0.15, 0.2) is 11.7 Å². The minimum absolute atomic E-state index is 0.271. The second kappa shape index (κ2) is 4.19. The smallest absolute Gasteiger partial charge is 0.347 e. The van der Waals surface area contributed by atoms with Gasteiger partial charge in [-0.05, 0) is 0 Å². The highest BCUT2D eigenvalue weighted by molar-refractivity contribution is 7.21. The van der Waals surface area contributed by atoms with Gasteiger partial charge in [0.25, 0.3) is 0 Å². The molecule has 0 saturated carbocycles. The zero-order chi connectivity index (χ0) is 12.6. The molecular formula is C11H12N2O2S2. The maximum absolute atomic E-state index is 11.2. The fourth-order valence-corrected chi connectivity index (χ4v) is 3.19. The summed E-state index contributed by atoms with van der Waals surface area (Å²) in [5.41, 5.74) is 2.08. The highest BCUT2D eigenvalue weighted by atomic mass is 32.1. The summed E-state index contributed by atoms with van der Waals surface area (Å²) in [5, 5.41) is 9.93. The van der Waals surface area contributed by atoms with Crippen molar-refractivity contribution in [3.05, 3.63) is 22.3 Å². The van der Waals surface area contributed by atoms with Crippen molar-refractivity contribution < 1.29 is 9.90 Å². The fraction of sp³-hybridized carbons (Fsp3) is 0.364. The Morgan fingerprint density at radius 1 is 1.41 bits per heavy atom. The molecule has 2 rings (SSSR count). The van der Waals surface area contributed by atoms with Crippen LogP contribution >= 0.6 is 22.7 Å². The van der Waals surface area contributed by atoms with Crippen molar-refractivity contribution >= 4 is 28.6 Å². The molecule has 0 bridgehead atoms. The van der Waals surface area contributed by atoms with Crippen LogP contribution in [0, 0.1) is 0 Å². The number of carboxylic acids is 1. The van der Waals surface area contributed by atoms with Crippen molar-refractivity contribution in [3.63, 3.8) is 0 Å². The van der Waals surface area contributed by atoms with Gasteiger partial charge in [0, 0.05) is 11.6 Å². The number of carbonyl (C=O) groups is 1. The van der Waals surface area contributed by atoms with E-state index in [0.717, 1.165) is 9.88 Å². The summed E-state index contributed by atoms with van der Waals surface area (Å²) in [6.45, 7) is 5.89. The summed E-state index contributed by atoms with van der Waals surface area (Å²) in [5.74, 6) is -0.914. The first-order chi connectivity index (χ1) is 7.89. The predicted molar refractivity (Wildman–Crippen MR) is 68.9 cm³/mol. The van der Waals surface area contributed by atoms with E-state index in [1.54, 1.807) is 11.7 Å². The number of nitrogens with zero attached hydrogens (tertiary/aromatic N) is 2. The molecule has 2 aromatic rings. The van der Waals surface area contributed by atoms with Gasteiger partial charge in [0.05, 0.1) is 16.1 Å². The van der Waals surface area contributed by atoms with Gasteiger partial charge in [0.2, 0.25) is 0 Å². The van der Waals surface area contributed by atoms with E-state index < -0.39 is 5.97 Å². The van der Waals surface area contributed by atoms with Gasteiger partial charge in [-0.1, -0.05) is 20.8 Å². The number of thiazole rings is 2. The summed E-state index contributed by atoms with van der Waals surface area (Å²) in [6, 6.07) is 0. The van der Waals surface area contributed by atoms with E-state index in [1.807, 2.05) is 20.8 Å². The lowest BCUT2D eigenvalue weighted by Gasteiger charge is -2.15. The van der Waals surface area contributed by atoms with Gasteiger partial charge in [-0.15, -0.1) is 22.7 Å². The molecule has 0 amide bonds. The molecule has 6 heteroatoms. The summed E-state index contributed by atoms with van der Waals surface area (Å²) < 4.78 is 0. The Hall–Kier alpha value is -1.27. The molecule has 0 unspecified atom stereocenters. The Bertz CT molecular complexity index is 538. The zero-order valence-electron chi connectivity index (χ0n) is 9.72. The van der Waals surface area contributed by atoms with Gasteiger partial charge < -0.3 is 5.11 Å². The van der Waals surface area contributed by atoms with E-state index in [1.165, 1.54) is 22.7 Å². The summed E-state index contributed by atoms with van der Waals surface area (Å²) in [4.78, 5) is 20.9. The monoisotopic (exact) mass is 268 g/mol. The predicted octanol–water partition coefficient (Wildman–Crippen LogP) is 3.26. The van der Waals surface area contributed by atoms with Crippen LogP contribution in [-0.4, -0.2) is 21.0 Å². The summed E-state index contributed by atoms with van der Waals surface area (Å²) >= 11 is 2.68. The Morgan fingerprint density at radius 2 is 2.12 bits per heavy atom. The first-order valence-electron chi connectivity index (χ1n) is 5.03. The topological polar surface area (TPSA) is 63.1 Å². The second-order valence-electron chi connectivity index (χ2n) is 4.62. The molecule has 17 heavy (non-hydrogen) atoms. The van der Waals surface area contributed by atoms with Gasteiger partial charge >= 0.3 is 5.97 Å². The molecule has 1 N–H and O–H groups in total. The maximum Gasteiger partial charge on any atom is 0.347 e. The molecule has 4 nitrogen and oxygen atoms in total. The summed E-state index contributed by atoms with van der Waals surface area (Å²) in [7, 11) is 0. The minimum atomic E-state index is -0.914. The lowest BCUT2D eigenvalue weighted by atomic mass is 9.91. The lowest BCUT2D eigenvalue weighted by molar-refractivity contribution is 0.0699. The molecule has 0 aliphatic carbocycles. The van der Waals surface area contributed by atoms with Crippen molar-refractivity contribution in [1.82, 2.24) is 9.97 Å². The average molecular weight is 268 g/mol. The van der Waals surface area contributed by atoms with Gasteiger partial charge in [-0.25, -0.2) is 9.78 Å². The standard InChI is InChI=1S/C11H12N2O2S2/c1-11(2,3)8-7(10(14)15)17-9(13-8)6-4-12-5-16-6/h4-5H,1-3H3,(H,14,15). The van der Waals surface area contributed by atoms with Crippen LogP contribution in [0.3, 0.4) is 0 Å². The van der Waals surface area contributed by atoms with E-state index in [4.69, 9.17) is 0 Å². The van der Waals surface area contributed by atoms with Gasteiger partial charge in [-0.2, -0.15) is 0 Å². The third-order valence-corrected chi connectivity index (χ3v) is 4.16. The van der Waals surface area contributed by atoms with Crippen LogP contribution in [0.2, 0.25) is 0 Å². The molecule has 0 radical (unpaired) electrons. The fourth-order valence-electron chi connectivity index (χ4n) is 1.40.